The minimum Gasteiger partial charge on any atom is -0.497 e. The van der Waals surface area contributed by atoms with Crippen LogP contribution in [0.5, 0.6) is 5.75 Å². The van der Waals surface area contributed by atoms with Gasteiger partial charge in [0.1, 0.15) is 11.6 Å². The minimum absolute atomic E-state index is 0. The Balaban J connectivity index is 0.00000220. The van der Waals surface area contributed by atoms with Gasteiger partial charge in [-0.05, 0) is 25.0 Å². The summed E-state index contributed by atoms with van der Waals surface area (Å²) in [5, 5.41) is 2.74. The predicted octanol–water partition coefficient (Wildman–Crippen LogP) is 2.65. The van der Waals surface area contributed by atoms with Crippen molar-refractivity contribution < 1.29 is 13.9 Å². The van der Waals surface area contributed by atoms with Crippen LogP contribution in [-0.4, -0.2) is 25.1 Å². The van der Waals surface area contributed by atoms with Crippen LogP contribution in [0, 0.1) is 5.82 Å². The van der Waals surface area contributed by atoms with Gasteiger partial charge in [0.15, 0.2) is 0 Å². The van der Waals surface area contributed by atoms with Gasteiger partial charge in [0.05, 0.1) is 12.7 Å². The van der Waals surface area contributed by atoms with Gasteiger partial charge >= 0.3 is 0 Å². The lowest BCUT2D eigenvalue weighted by atomic mass is 9.82. The molecule has 0 atom stereocenters. The second kappa shape index (κ2) is 7.61. The Hall–Kier alpha value is -1.33. The molecule has 0 radical (unpaired) electrons. The van der Waals surface area contributed by atoms with Crippen LogP contribution >= 0.6 is 12.4 Å². The highest BCUT2D eigenvalue weighted by molar-refractivity contribution is 5.94. The fourth-order valence-electron chi connectivity index (χ4n) is 2.59. The largest absolute Gasteiger partial charge is 0.497 e. The summed E-state index contributed by atoms with van der Waals surface area (Å²) in [6, 6.07) is 4.19. The Morgan fingerprint density at radius 2 is 2.05 bits per heavy atom. The van der Waals surface area contributed by atoms with Crippen molar-refractivity contribution in [3.63, 3.8) is 0 Å². The van der Waals surface area contributed by atoms with Crippen molar-refractivity contribution in [3.8, 4) is 5.75 Å². The molecule has 0 aliphatic heterocycles. The number of carbonyl (C=O) groups excluding carboxylic acids is 1. The number of halogens is 2. The molecule has 1 fully saturated rings. The molecule has 0 bridgehead atoms. The zero-order valence-corrected chi connectivity index (χ0v) is 13.0. The van der Waals surface area contributed by atoms with Gasteiger partial charge in [-0.2, -0.15) is 0 Å². The van der Waals surface area contributed by atoms with Crippen LogP contribution in [0.15, 0.2) is 18.2 Å². The van der Waals surface area contributed by atoms with Gasteiger partial charge in [-0.15, -0.1) is 12.4 Å². The maximum Gasteiger partial charge on any atom is 0.254 e. The first-order valence-electron chi connectivity index (χ1n) is 6.95. The molecule has 1 aromatic carbocycles. The van der Waals surface area contributed by atoms with Gasteiger partial charge < -0.3 is 15.8 Å². The third kappa shape index (κ3) is 4.58. The van der Waals surface area contributed by atoms with E-state index in [-0.39, 0.29) is 23.5 Å². The molecule has 0 saturated heterocycles. The van der Waals surface area contributed by atoms with Crippen molar-refractivity contribution in [2.24, 2.45) is 5.73 Å². The minimum atomic E-state index is -0.587. The molecule has 118 valence electrons. The van der Waals surface area contributed by atoms with Crippen molar-refractivity contribution in [3.05, 3.63) is 29.6 Å². The SMILES string of the molecule is COc1ccc(C(=O)NCC2(N)CCCCC2)c(F)c1.Cl. The predicted molar refractivity (Wildman–Crippen MR) is 82.5 cm³/mol. The van der Waals surface area contributed by atoms with Crippen LogP contribution in [0.1, 0.15) is 42.5 Å². The van der Waals surface area contributed by atoms with Gasteiger partial charge in [0.2, 0.25) is 0 Å². The van der Waals surface area contributed by atoms with Gasteiger partial charge in [0, 0.05) is 18.2 Å². The third-order valence-electron chi connectivity index (χ3n) is 3.87. The molecule has 2 rings (SSSR count). The molecular formula is C15H22ClFN2O2. The van der Waals surface area contributed by atoms with E-state index < -0.39 is 11.7 Å². The number of hydrogen-bond acceptors (Lipinski definition) is 3. The lowest BCUT2D eigenvalue weighted by Gasteiger charge is -2.33. The number of ether oxygens (including phenoxy) is 1. The van der Waals surface area contributed by atoms with E-state index in [0.29, 0.717) is 12.3 Å². The third-order valence-corrected chi connectivity index (χ3v) is 3.87. The molecule has 0 heterocycles. The van der Waals surface area contributed by atoms with Crippen LogP contribution in [0.3, 0.4) is 0 Å². The molecular weight excluding hydrogens is 295 g/mol. The van der Waals surface area contributed by atoms with Crippen molar-refractivity contribution >= 4 is 18.3 Å². The summed E-state index contributed by atoms with van der Waals surface area (Å²) in [5.41, 5.74) is 5.91. The molecule has 1 aromatic rings. The highest BCUT2D eigenvalue weighted by atomic mass is 35.5. The Morgan fingerprint density at radius 1 is 1.38 bits per heavy atom. The molecule has 1 saturated carbocycles. The van der Waals surface area contributed by atoms with Crippen LogP contribution in [0.4, 0.5) is 4.39 Å². The van der Waals surface area contributed by atoms with E-state index in [4.69, 9.17) is 10.5 Å². The number of carbonyl (C=O) groups is 1. The zero-order valence-electron chi connectivity index (χ0n) is 12.2. The van der Waals surface area contributed by atoms with Crippen LogP contribution in [0.2, 0.25) is 0 Å². The number of nitrogens with two attached hydrogens (primary N) is 1. The Bertz CT molecular complexity index is 491. The lowest BCUT2D eigenvalue weighted by Crippen LogP contribution is -2.51. The fraction of sp³-hybridized carbons (Fsp3) is 0.533. The van der Waals surface area contributed by atoms with Gasteiger partial charge in [0.25, 0.3) is 5.91 Å². The number of amides is 1. The lowest BCUT2D eigenvalue weighted by molar-refractivity contribution is 0.0933. The molecule has 6 heteroatoms. The topological polar surface area (TPSA) is 64.3 Å². The van der Waals surface area contributed by atoms with E-state index in [2.05, 4.69) is 5.32 Å². The van der Waals surface area contributed by atoms with E-state index in [1.54, 1.807) is 6.07 Å². The van der Waals surface area contributed by atoms with Crippen molar-refractivity contribution in [1.82, 2.24) is 5.32 Å². The number of hydrogen-bond donors (Lipinski definition) is 2. The first kappa shape index (κ1) is 17.7. The first-order valence-corrected chi connectivity index (χ1v) is 6.95. The first-order chi connectivity index (χ1) is 9.54. The van der Waals surface area contributed by atoms with Crippen LogP contribution in [0.25, 0.3) is 0 Å². The summed E-state index contributed by atoms with van der Waals surface area (Å²) in [7, 11) is 1.45. The zero-order chi connectivity index (χ0) is 14.6. The van der Waals surface area contributed by atoms with E-state index in [9.17, 15) is 9.18 Å². The molecule has 21 heavy (non-hydrogen) atoms. The molecule has 1 aliphatic rings. The molecule has 1 amide bonds. The monoisotopic (exact) mass is 316 g/mol. The maximum atomic E-state index is 13.8. The summed E-state index contributed by atoms with van der Waals surface area (Å²) in [6.07, 6.45) is 5.17. The fourth-order valence-corrected chi connectivity index (χ4v) is 2.59. The number of rotatable bonds is 4. The summed E-state index contributed by atoms with van der Waals surface area (Å²) >= 11 is 0. The summed E-state index contributed by atoms with van der Waals surface area (Å²) in [4.78, 5) is 12.0. The molecule has 0 unspecified atom stereocenters. The molecule has 1 aliphatic carbocycles. The highest BCUT2D eigenvalue weighted by Gasteiger charge is 2.28. The summed E-state index contributed by atoms with van der Waals surface area (Å²) in [5.74, 6) is -0.626. The quantitative estimate of drug-likeness (QED) is 0.897. The van der Waals surface area contributed by atoms with Crippen molar-refractivity contribution in [1.29, 1.82) is 0 Å². The van der Waals surface area contributed by atoms with Gasteiger partial charge in [-0.1, -0.05) is 19.3 Å². The highest BCUT2D eigenvalue weighted by Crippen LogP contribution is 2.25. The van der Waals surface area contributed by atoms with Crippen LogP contribution < -0.4 is 15.8 Å². The van der Waals surface area contributed by atoms with Crippen molar-refractivity contribution in [2.75, 3.05) is 13.7 Å². The number of benzene rings is 1. The Morgan fingerprint density at radius 3 is 2.62 bits per heavy atom. The molecule has 3 N–H and O–H groups in total. The van der Waals surface area contributed by atoms with Gasteiger partial charge in [-0.25, -0.2) is 4.39 Å². The van der Waals surface area contributed by atoms with E-state index in [1.165, 1.54) is 25.7 Å². The standard InChI is InChI=1S/C15H21FN2O2.ClH/c1-20-11-5-6-12(13(16)9-11)14(19)18-10-15(17)7-3-2-4-8-15;/h5-6,9H,2-4,7-8,10,17H2,1H3,(H,18,19);1H. The summed E-state index contributed by atoms with van der Waals surface area (Å²) in [6.45, 7) is 0.386. The average Bonchev–Trinajstić information content (AvgIpc) is 2.45. The van der Waals surface area contributed by atoms with Crippen molar-refractivity contribution in [2.45, 2.75) is 37.6 Å². The van der Waals surface area contributed by atoms with Gasteiger partial charge in [-0.3, -0.25) is 4.79 Å². The number of methoxy groups -OCH3 is 1. The second-order valence-electron chi connectivity index (χ2n) is 5.45. The van der Waals surface area contributed by atoms with Crippen LogP contribution in [-0.2, 0) is 0 Å². The van der Waals surface area contributed by atoms with E-state index in [1.807, 2.05) is 0 Å². The normalized spacial score (nSPS) is 16.7. The maximum absolute atomic E-state index is 13.8. The smallest absolute Gasteiger partial charge is 0.254 e. The molecule has 4 nitrogen and oxygen atoms in total. The van der Waals surface area contributed by atoms with E-state index in [0.717, 1.165) is 25.7 Å². The van der Waals surface area contributed by atoms with E-state index >= 15 is 0 Å². The summed E-state index contributed by atoms with van der Waals surface area (Å²) < 4.78 is 18.7. The average molecular weight is 317 g/mol. The molecule has 0 spiro atoms. The Labute approximate surface area is 130 Å². The Kier molecular flexibility index (Phi) is 6.42. The molecule has 0 aromatic heterocycles. The number of nitrogens with one attached hydrogen (secondary N) is 1. The second-order valence-corrected chi connectivity index (χ2v) is 5.45.